The molecule has 0 saturated heterocycles. The molecule has 0 aromatic heterocycles. The number of ether oxygens (including phenoxy) is 2. The number of benzene rings is 1. The Kier molecular flexibility index (Phi) is 3.95. The van der Waals surface area contributed by atoms with Crippen molar-refractivity contribution in [1.29, 1.82) is 5.26 Å². The summed E-state index contributed by atoms with van der Waals surface area (Å²) in [6.45, 7) is 0. The summed E-state index contributed by atoms with van der Waals surface area (Å²) >= 11 is 0. The van der Waals surface area contributed by atoms with Gasteiger partial charge in [-0.15, -0.1) is 0 Å². The first kappa shape index (κ1) is 11.3. The zero-order valence-corrected chi connectivity index (χ0v) is 8.73. The molecule has 1 rings (SSSR count). The maximum Gasteiger partial charge on any atom is 0.166 e. The average Bonchev–Trinajstić information content (AvgIpc) is 2.28. The normalized spacial score (nSPS) is 11.6. The third kappa shape index (κ3) is 2.39. The van der Waals surface area contributed by atoms with E-state index in [1.54, 1.807) is 18.2 Å². The number of nitriles is 1. The molecule has 0 aliphatic carbocycles. The molecule has 0 fully saturated rings. The van der Waals surface area contributed by atoms with Gasteiger partial charge in [0, 0.05) is 5.56 Å². The largest absolute Gasteiger partial charge is 0.493 e. The van der Waals surface area contributed by atoms with Crippen LogP contribution in [0.15, 0.2) is 18.2 Å². The van der Waals surface area contributed by atoms with E-state index in [0.29, 0.717) is 17.1 Å². The summed E-state index contributed by atoms with van der Waals surface area (Å²) in [6.07, 6.45) is -0.816. The summed E-state index contributed by atoms with van der Waals surface area (Å²) in [5, 5.41) is 18.2. The summed E-state index contributed by atoms with van der Waals surface area (Å²) in [4.78, 5) is 0. The van der Waals surface area contributed by atoms with Crippen molar-refractivity contribution in [3.63, 3.8) is 0 Å². The predicted molar refractivity (Wildman–Crippen MR) is 54.7 cm³/mol. The number of para-hydroxylation sites is 1. The van der Waals surface area contributed by atoms with E-state index in [9.17, 15) is 5.11 Å². The molecule has 1 N–H and O–H groups in total. The second-order valence-corrected chi connectivity index (χ2v) is 2.96. The van der Waals surface area contributed by atoms with Crippen LogP contribution in [0.3, 0.4) is 0 Å². The van der Waals surface area contributed by atoms with Gasteiger partial charge in [-0.3, -0.25) is 0 Å². The highest BCUT2D eigenvalue weighted by atomic mass is 16.5. The van der Waals surface area contributed by atoms with E-state index in [1.807, 2.05) is 6.07 Å². The van der Waals surface area contributed by atoms with Crippen LogP contribution < -0.4 is 9.47 Å². The molecule has 1 aromatic rings. The zero-order valence-electron chi connectivity index (χ0n) is 8.73. The molecule has 1 aromatic carbocycles. The van der Waals surface area contributed by atoms with Crippen molar-refractivity contribution in [3.8, 4) is 17.6 Å². The summed E-state index contributed by atoms with van der Waals surface area (Å²) in [5.74, 6) is 1.02. The molecular formula is C11H13NO3. The van der Waals surface area contributed by atoms with Gasteiger partial charge in [0.05, 0.1) is 32.8 Å². The number of aliphatic hydroxyl groups is 1. The lowest BCUT2D eigenvalue weighted by Crippen LogP contribution is -2.01. The monoisotopic (exact) mass is 207 g/mol. The third-order valence-electron chi connectivity index (χ3n) is 2.08. The molecule has 0 heterocycles. The molecule has 0 saturated carbocycles. The number of hydrogen-bond donors (Lipinski definition) is 1. The van der Waals surface area contributed by atoms with Crippen LogP contribution in [0.1, 0.15) is 18.1 Å². The topological polar surface area (TPSA) is 62.5 Å². The lowest BCUT2D eigenvalue weighted by molar-refractivity contribution is 0.177. The number of methoxy groups -OCH3 is 2. The van der Waals surface area contributed by atoms with Gasteiger partial charge < -0.3 is 14.6 Å². The quantitative estimate of drug-likeness (QED) is 0.815. The zero-order chi connectivity index (χ0) is 11.3. The molecule has 0 bridgehead atoms. The maximum absolute atomic E-state index is 9.69. The highest BCUT2D eigenvalue weighted by Gasteiger charge is 2.16. The molecule has 1 unspecified atom stereocenters. The fraction of sp³-hybridized carbons (Fsp3) is 0.364. The smallest absolute Gasteiger partial charge is 0.166 e. The average molecular weight is 207 g/mol. The molecule has 1 atom stereocenters. The first-order valence-electron chi connectivity index (χ1n) is 4.50. The van der Waals surface area contributed by atoms with Crippen LogP contribution in [0, 0.1) is 11.3 Å². The molecule has 80 valence electrons. The van der Waals surface area contributed by atoms with Crippen LogP contribution in [0.2, 0.25) is 0 Å². The molecular weight excluding hydrogens is 194 g/mol. The van der Waals surface area contributed by atoms with Gasteiger partial charge >= 0.3 is 0 Å². The van der Waals surface area contributed by atoms with Crippen molar-refractivity contribution in [2.24, 2.45) is 0 Å². The van der Waals surface area contributed by atoms with Gasteiger partial charge in [-0.25, -0.2) is 0 Å². The van der Waals surface area contributed by atoms with Crippen LogP contribution in [0.25, 0.3) is 0 Å². The first-order chi connectivity index (χ1) is 7.24. The lowest BCUT2D eigenvalue weighted by atomic mass is 10.1. The van der Waals surface area contributed by atoms with E-state index in [2.05, 4.69) is 0 Å². The minimum Gasteiger partial charge on any atom is -0.493 e. The Labute approximate surface area is 88.7 Å². The first-order valence-corrected chi connectivity index (χ1v) is 4.50. The van der Waals surface area contributed by atoms with Gasteiger partial charge in [-0.2, -0.15) is 5.26 Å². The van der Waals surface area contributed by atoms with E-state index in [0.717, 1.165) is 0 Å². The second kappa shape index (κ2) is 5.23. The van der Waals surface area contributed by atoms with E-state index in [4.69, 9.17) is 14.7 Å². The Morgan fingerprint density at radius 1 is 1.40 bits per heavy atom. The minimum atomic E-state index is -0.847. The van der Waals surface area contributed by atoms with Crippen LogP contribution in [-0.4, -0.2) is 19.3 Å². The fourth-order valence-electron chi connectivity index (χ4n) is 1.37. The van der Waals surface area contributed by atoms with Gasteiger partial charge in [0.15, 0.2) is 11.5 Å². The van der Waals surface area contributed by atoms with Crippen LogP contribution >= 0.6 is 0 Å². The van der Waals surface area contributed by atoms with E-state index in [1.165, 1.54) is 14.2 Å². The van der Waals surface area contributed by atoms with Crippen molar-refractivity contribution in [2.75, 3.05) is 14.2 Å². The van der Waals surface area contributed by atoms with Gasteiger partial charge in [-0.1, -0.05) is 12.1 Å². The molecule has 0 amide bonds. The van der Waals surface area contributed by atoms with E-state index in [-0.39, 0.29) is 6.42 Å². The highest BCUT2D eigenvalue weighted by Crippen LogP contribution is 2.35. The summed E-state index contributed by atoms with van der Waals surface area (Å²) in [6, 6.07) is 7.10. The molecule has 0 spiro atoms. The van der Waals surface area contributed by atoms with Crippen molar-refractivity contribution in [3.05, 3.63) is 23.8 Å². The van der Waals surface area contributed by atoms with Crippen LogP contribution in [0.4, 0.5) is 0 Å². The molecule has 0 aliphatic rings. The van der Waals surface area contributed by atoms with Gasteiger partial charge in [0.1, 0.15) is 0 Å². The van der Waals surface area contributed by atoms with E-state index >= 15 is 0 Å². The SMILES string of the molecule is COc1cccc(C(O)CC#N)c1OC. The van der Waals surface area contributed by atoms with Gasteiger partial charge in [0.25, 0.3) is 0 Å². The van der Waals surface area contributed by atoms with Crippen molar-refractivity contribution >= 4 is 0 Å². The Morgan fingerprint density at radius 2 is 2.13 bits per heavy atom. The van der Waals surface area contributed by atoms with Gasteiger partial charge in [0.2, 0.25) is 0 Å². The Morgan fingerprint density at radius 3 is 2.67 bits per heavy atom. The van der Waals surface area contributed by atoms with E-state index < -0.39 is 6.10 Å². The molecule has 15 heavy (non-hydrogen) atoms. The summed E-state index contributed by atoms with van der Waals surface area (Å²) < 4.78 is 10.2. The lowest BCUT2D eigenvalue weighted by Gasteiger charge is -2.14. The maximum atomic E-state index is 9.69. The van der Waals surface area contributed by atoms with Crippen molar-refractivity contribution in [2.45, 2.75) is 12.5 Å². The molecule has 0 aliphatic heterocycles. The Bertz CT molecular complexity index is 371. The molecule has 0 radical (unpaired) electrons. The molecule has 4 heteroatoms. The number of rotatable bonds is 4. The second-order valence-electron chi connectivity index (χ2n) is 2.96. The number of nitrogens with zero attached hydrogens (tertiary/aromatic N) is 1. The van der Waals surface area contributed by atoms with Crippen molar-refractivity contribution in [1.82, 2.24) is 0 Å². The predicted octanol–water partition coefficient (Wildman–Crippen LogP) is 1.65. The summed E-state index contributed by atoms with van der Waals surface area (Å²) in [5.41, 5.74) is 0.568. The van der Waals surface area contributed by atoms with Crippen LogP contribution in [0.5, 0.6) is 11.5 Å². The minimum absolute atomic E-state index is 0.0313. The van der Waals surface area contributed by atoms with Gasteiger partial charge in [-0.05, 0) is 6.07 Å². The number of hydrogen-bond acceptors (Lipinski definition) is 4. The van der Waals surface area contributed by atoms with Crippen molar-refractivity contribution < 1.29 is 14.6 Å². The standard InChI is InChI=1S/C11H13NO3/c1-14-10-5-3-4-8(11(10)15-2)9(13)6-7-12/h3-5,9,13H,6H2,1-2H3. The fourth-order valence-corrected chi connectivity index (χ4v) is 1.37. The Hall–Kier alpha value is -1.73. The Balaban J connectivity index is 3.12. The highest BCUT2D eigenvalue weighted by molar-refractivity contribution is 5.47. The number of aliphatic hydroxyl groups excluding tert-OH is 1. The third-order valence-corrected chi connectivity index (χ3v) is 2.08. The summed E-state index contributed by atoms with van der Waals surface area (Å²) in [7, 11) is 3.03. The molecule has 4 nitrogen and oxygen atoms in total. The van der Waals surface area contributed by atoms with Crippen LogP contribution in [-0.2, 0) is 0 Å².